The first-order valence-electron chi connectivity index (χ1n) is 4.13. The molecule has 1 aliphatic heterocycles. The lowest BCUT2D eigenvalue weighted by Gasteiger charge is -2.14. The molecule has 7 nitrogen and oxygen atoms in total. The second-order valence-electron chi connectivity index (χ2n) is 2.76. The maximum absolute atomic E-state index is 11.1. The largest absolute Gasteiger partial charge is 0.527 e. The van der Waals surface area contributed by atoms with Crippen molar-refractivity contribution < 1.29 is 33.1 Å². The first-order chi connectivity index (χ1) is 6.91. The van der Waals surface area contributed by atoms with E-state index in [9.17, 15) is 14.5 Å². The second kappa shape index (κ2) is 4.22. The molecule has 0 saturated heterocycles. The zero-order valence-corrected chi connectivity index (χ0v) is 9.06. The first kappa shape index (κ1) is 12.0. The van der Waals surface area contributed by atoms with Gasteiger partial charge in [0.1, 0.15) is 0 Å². The highest BCUT2D eigenvalue weighted by Crippen LogP contribution is 2.47. The fourth-order valence-corrected chi connectivity index (χ4v) is 1.55. The first-order valence-corrected chi connectivity index (χ1v) is 5.63. The molecule has 8 heteroatoms. The van der Waals surface area contributed by atoms with Gasteiger partial charge in [-0.05, 0) is 6.42 Å². The van der Waals surface area contributed by atoms with Crippen molar-refractivity contribution in [3.63, 3.8) is 0 Å². The zero-order chi connectivity index (χ0) is 11.6. The molecule has 0 aromatic rings. The fraction of sp³-hybridized carbons (Fsp3) is 0.571. The molecular weight excluding hydrogens is 227 g/mol. The number of carbonyl (C=O) groups is 1. The smallest absolute Gasteiger partial charge is 0.499 e. The number of aliphatic hydroxyl groups excluding tert-OH is 1. The van der Waals surface area contributed by atoms with Crippen LogP contribution in [0.25, 0.3) is 0 Å². The molecular formula is C7H11O7P. The molecule has 2 N–H and O–H groups in total. The summed E-state index contributed by atoms with van der Waals surface area (Å²) >= 11 is 0. The summed E-state index contributed by atoms with van der Waals surface area (Å²) in [5, 5.41) is 9.21. The van der Waals surface area contributed by atoms with Gasteiger partial charge in [-0.1, -0.05) is 6.92 Å². The highest BCUT2D eigenvalue weighted by molar-refractivity contribution is 7.47. The maximum atomic E-state index is 11.1. The Morgan fingerprint density at radius 2 is 2.20 bits per heavy atom. The molecule has 0 amide bonds. The Balaban J connectivity index is 2.91. The van der Waals surface area contributed by atoms with Crippen LogP contribution in [0.15, 0.2) is 11.5 Å². The third-order valence-corrected chi connectivity index (χ3v) is 2.67. The van der Waals surface area contributed by atoms with E-state index in [1.165, 1.54) is 0 Å². The quantitative estimate of drug-likeness (QED) is 0.552. The normalized spacial score (nSPS) is 25.0. The van der Waals surface area contributed by atoms with Crippen LogP contribution in [0.3, 0.4) is 0 Å². The Kier molecular flexibility index (Phi) is 3.38. The molecule has 2 atom stereocenters. The van der Waals surface area contributed by atoms with E-state index < -0.39 is 25.7 Å². The minimum Gasteiger partial charge on any atom is -0.499 e. The Hall–Kier alpha value is -1.04. The lowest BCUT2D eigenvalue weighted by molar-refractivity contribution is -0.142. The van der Waals surface area contributed by atoms with E-state index in [0.29, 0.717) is 6.42 Å². The summed E-state index contributed by atoms with van der Waals surface area (Å²) in [6, 6.07) is 0. The Morgan fingerprint density at radius 3 is 2.67 bits per heavy atom. The minimum absolute atomic E-state index is 0.314. The van der Waals surface area contributed by atoms with Gasteiger partial charge in [0.15, 0.2) is 11.9 Å². The van der Waals surface area contributed by atoms with Crippen LogP contribution in [0.5, 0.6) is 0 Å². The number of phosphoric acid groups is 1. The molecule has 0 spiro atoms. The van der Waals surface area contributed by atoms with Crippen molar-refractivity contribution in [2.45, 2.75) is 19.4 Å². The molecule has 0 aromatic carbocycles. The molecule has 1 heterocycles. The zero-order valence-electron chi connectivity index (χ0n) is 8.17. The van der Waals surface area contributed by atoms with Gasteiger partial charge < -0.3 is 14.4 Å². The predicted molar refractivity (Wildman–Crippen MR) is 47.7 cm³/mol. The summed E-state index contributed by atoms with van der Waals surface area (Å²) in [6.07, 6.45) is -0.539. The number of hydrogen-bond acceptors (Lipinski definition) is 6. The van der Waals surface area contributed by atoms with Gasteiger partial charge in [0.25, 0.3) is 0 Å². The summed E-state index contributed by atoms with van der Waals surface area (Å²) in [5.74, 6) is -2.14. The van der Waals surface area contributed by atoms with Gasteiger partial charge >= 0.3 is 13.8 Å². The molecule has 2 unspecified atom stereocenters. The Morgan fingerprint density at radius 1 is 1.60 bits per heavy atom. The van der Waals surface area contributed by atoms with Crippen LogP contribution in [0.1, 0.15) is 13.3 Å². The number of ether oxygens (including phenoxy) is 1. The third kappa shape index (κ3) is 2.50. The van der Waals surface area contributed by atoms with E-state index in [1.54, 1.807) is 6.92 Å². The van der Waals surface area contributed by atoms with Crippen LogP contribution in [0.2, 0.25) is 0 Å². The number of rotatable bonds is 4. The molecule has 15 heavy (non-hydrogen) atoms. The van der Waals surface area contributed by atoms with Crippen molar-refractivity contribution in [3.05, 3.63) is 11.5 Å². The van der Waals surface area contributed by atoms with Gasteiger partial charge in [0, 0.05) is 7.11 Å². The van der Waals surface area contributed by atoms with Gasteiger partial charge in [-0.25, -0.2) is 9.36 Å². The van der Waals surface area contributed by atoms with Crippen LogP contribution in [0, 0.1) is 0 Å². The molecule has 0 aromatic heterocycles. The summed E-state index contributed by atoms with van der Waals surface area (Å²) in [4.78, 5) is 19.9. The third-order valence-electron chi connectivity index (χ3n) is 1.78. The number of carbonyl (C=O) groups excluding carboxylic acids is 1. The summed E-state index contributed by atoms with van der Waals surface area (Å²) < 4.78 is 24.4. The number of esters is 1. The number of aliphatic hydroxyl groups is 1. The summed E-state index contributed by atoms with van der Waals surface area (Å²) in [5.41, 5.74) is 0. The van der Waals surface area contributed by atoms with Gasteiger partial charge in [-0.2, -0.15) is 0 Å². The molecule has 0 bridgehead atoms. The van der Waals surface area contributed by atoms with Crippen LogP contribution >= 0.6 is 7.82 Å². The predicted octanol–water partition coefficient (Wildman–Crippen LogP) is 0.855. The van der Waals surface area contributed by atoms with Crippen molar-refractivity contribution in [2.24, 2.45) is 0 Å². The maximum Gasteiger partial charge on any atom is 0.527 e. The monoisotopic (exact) mass is 238 g/mol. The van der Waals surface area contributed by atoms with E-state index in [4.69, 9.17) is 4.89 Å². The van der Waals surface area contributed by atoms with Gasteiger partial charge in [-0.3, -0.25) is 9.42 Å². The van der Waals surface area contributed by atoms with Crippen molar-refractivity contribution in [1.29, 1.82) is 0 Å². The van der Waals surface area contributed by atoms with Gasteiger partial charge in [-0.15, -0.1) is 0 Å². The fourth-order valence-electron chi connectivity index (χ4n) is 1.02. The van der Waals surface area contributed by atoms with E-state index in [2.05, 4.69) is 13.8 Å². The van der Waals surface area contributed by atoms with Crippen molar-refractivity contribution in [2.75, 3.05) is 7.11 Å². The average Bonchev–Trinajstić information content (AvgIpc) is 2.45. The molecule has 0 fully saturated rings. The van der Waals surface area contributed by atoms with E-state index in [0.717, 1.165) is 7.11 Å². The number of phosphoric ester groups is 1. The number of hydrogen-bond donors (Lipinski definition) is 2. The lowest BCUT2D eigenvalue weighted by Crippen LogP contribution is -2.11. The van der Waals surface area contributed by atoms with Gasteiger partial charge in [0.2, 0.25) is 5.76 Å². The SMILES string of the molecule is CCC1OC(=O)C(O)=C1OP(=O)(O)OC. The summed E-state index contributed by atoms with van der Waals surface area (Å²) in [7, 11) is -3.32. The molecule has 0 radical (unpaired) electrons. The van der Waals surface area contributed by atoms with Crippen molar-refractivity contribution >= 4 is 13.8 Å². The molecule has 0 aliphatic carbocycles. The second-order valence-corrected chi connectivity index (χ2v) is 4.24. The van der Waals surface area contributed by atoms with Crippen molar-refractivity contribution in [1.82, 2.24) is 0 Å². The minimum atomic E-state index is -4.29. The highest BCUT2D eigenvalue weighted by atomic mass is 31.2. The molecule has 1 rings (SSSR count). The average molecular weight is 238 g/mol. The summed E-state index contributed by atoms with van der Waals surface area (Å²) in [6.45, 7) is 1.66. The van der Waals surface area contributed by atoms with Crippen molar-refractivity contribution in [3.8, 4) is 0 Å². The molecule has 1 aliphatic rings. The number of cyclic esters (lactones) is 1. The standard InChI is InChI=1S/C7H11O7P/c1-3-4-6(5(8)7(9)13-4)14-15(10,11)12-2/h4,8H,3H2,1-2H3,(H,10,11). The van der Waals surface area contributed by atoms with Crippen LogP contribution in [0.4, 0.5) is 0 Å². The Labute approximate surface area is 85.9 Å². The van der Waals surface area contributed by atoms with E-state index in [1.807, 2.05) is 0 Å². The lowest BCUT2D eigenvalue weighted by atomic mass is 10.2. The highest BCUT2D eigenvalue weighted by Gasteiger charge is 2.39. The molecule has 86 valence electrons. The van der Waals surface area contributed by atoms with Crippen LogP contribution in [-0.4, -0.2) is 29.2 Å². The van der Waals surface area contributed by atoms with Gasteiger partial charge in [0.05, 0.1) is 0 Å². The van der Waals surface area contributed by atoms with E-state index >= 15 is 0 Å². The molecule has 0 saturated carbocycles. The Bertz CT molecular complexity index is 347. The van der Waals surface area contributed by atoms with Crippen LogP contribution in [-0.2, 0) is 23.1 Å². The van der Waals surface area contributed by atoms with E-state index in [-0.39, 0.29) is 5.76 Å². The van der Waals surface area contributed by atoms with Crippen LogP contribution < -0.4 is 0 Å². The topological polar surface area (TPSA) is 102 Å².